The summed E-state index contributed by atoms with van der Waals surface area (Å²) in [5, 5.41) is 6.06. The number of nitrogens with zero attached hydrogens (tertiary/aromatic N) is 3. The lowest BCUT2D eigenvalue weighted by Gasteiger charge is -2.34. The fourth-order valence-corrected chi connectivity index (χ4v) is 3.46. The largest absolute Gasteiger partial charge is 0.376 e. The van der Waals surface area contributed by atoms with Crippen molar-refractivity contribution in [2.45, 2.75) is 18.9 Å². The maximum Gasteiger partial charge on any atom is 0.234 e. The third-order valence-corrected chi connectivity index (χ3v) is 4.81. The summed E-state index contributed by atoms with van der Waals surface area (Å²) >= 11 is 1.67. The van der Waals surface area contributed by atoms with Gasteiger partial charge >= 0.3 is 0 Å². The van der Waals surface area contributed by atoms with Crippen LogP contribution in [0.3, 0.4) is 0 Å². The standard InChI is InChI=1S/C14H22N4O2S/c19-13(16-10-12-2-1-8-20-12)11-17-4-6-18(7-5-17)14-15-3-9-21-14/h3,9,12H,1-2,4-8,10-11H2,(H,16,19)/t12-/m1/s1. The molecule has 2 saturated heterocycles. The molecular formula is C14H22N4O2S. The Bertz CT molecular complexity index is 440. The van der Waals surface area contributed by atoms with Gasteiger partial charge in [0.1, 0.15) is 0 Å². The summed E-state index contributed by atoms with van der Waals surface area (Å²) in [5.74, 6) is 0.105. The van der Waals surface area contributed by atoms with Crippen LogP contribution in [-0.4, -0.2) is 67.8 Å². The van der Waals surface area contributed by atoms with E-state index in [9.17, 15) is 4.79 Å². The monoisotopic (exact) mass is 310 g/mol. The molecule has 3 heterocycles. The fraction of sp³-hybridized carbons (Fsp3) is 0.714. The van der Waals surface area contributed by atoms with Gasteiger partial charge in [-0.2, -0.15) is 0 Å². The molecular weight excluding hydrogens is 288 g/mol. The number of anilines is 1. The molecule has 2 aliphatic heterocycles. The van der Waals surface area contributed by atoms with E-state index in [-0.39, 0.29) is 12.0 Å². The van der Waals surface area contributed by atoms with E-state index in [0.29, 0.717) is 13.1 Å². The molecule has 0 aliphatic carbocycles. The Morgan fingerprint density at radius 3 is 2.95 bits per heavy atom. The van der Waals surface area contributed by atoms with E-state index in [1.54, 1.807) is 11.3 Å². The Balaban J connectivity index is 1.35. The van der Waals surface area contributed by atoms with Gasteiger partial charge in [-0.1, -0.05) is 0 Å². The van der Waals surface area contributed by atoms with Crippen LogP contribution in [0.2, 0.25) is 0 Å². The summed E-state index contributed by atoms with van der Waals surface area (Å²) in [5.41, 5.74) is 0. The van der Waals surface area contributed by atoms with Crippen LogP contribution in [0.25, 0.3) is 0 Å². The molecule has 7 heteroatoms. The number of aromatic nitrogens is 1. The van der Waals surface area contributed by atoms with Crippen LogP contribution < -0.4 is 10.2 Å². The van der Waals surface area contributed by atoms with Crippen LogP contribution in [0, 0.1) is 0 Å². The van der Waals surface area contributed by atoms with E-state index < -0.39 is 0 Å². The van der Waals surface area contributed by atoms with Gasteiger partial charge in [0.2, 0.25) is 5.91 Å². The summed E-state index contributed by atoms with van der Waals surface area (Å²) in [4.78, 5) is 20.8. The summed E-state index contributed by atoms with van der Waals surface area (Å²) in [6, 6.07) is 0. The molecule has 1 aromatic rings. The van der Waals surface area contributed by atoms with Crippen molar-refractivity contribution in [3.63, 3.8) is 0 Å². The van der Waals surface area contributed by atoms with Gasteiger partial charge in [-0.15, -0.1) is 11.3 Å². The van der Waals surface area contributed by atoms with Crippen LogP contribution in [0.4, 0.5) is 5.13 Å². The van der Waals surface area contributed by atoms with E-state index in [4.69, 9.17) is 4.74 Å². The van der Waals surface area contributed by atoms with Crippen molar-refractivity contribution in [2.24, 2.45) is 0 Å². The second kappa shape index (κ2) is 7.20. The predicted molar refractivity (Wildman–Crippen MR) is 82.8 cm³/mol. The number of thiazole rings is 1. The molecule has 21 heavy (non-hydrogen) atoms. The first kappa shape index (κ1) is 14.7. The lowest BCUT2D eigenvalue weighted by Crippen LogP contribution is -2.50. The number of rotatable bonds is 5. The van der Waals surface area contributed by atoms with E-state index in [1.807, 2.05) is 11.6 Å². The van der Waals surface area contributed by atoms with Gasteiger partial charge < -0.3 is 15.0 Å². The van der Waals surface area contributed by atoms with Crippen LogP contribution in [-0.2, 0) is 9.53 Å². The SMILES string of the molecule is O=C(CN1CCN(c2nccs2)CC1)NC[C@H]1CCCO1. The zero-order valence-electron chi connectivity index (χ0n) is 12.2. The Morgan fingerprint density at radius 2 is 2.29 bits per heavy atom. The number of piperazine rings is 1. The molecule has 0 bridgehead atoms. The molecule has 1 atom stereocenters. The molecule has 0 spiro atoms. The molecule has 2 fully saturated rings. The van der Waals surface area contributed by atoms with E-state index in [2.05, 4.69) is 20.1 Å². The third kappa shape index (κ3) is 4.15. The molecule has 116 valence electrons. The molecule has 6 nitrogen and oxygen atoms in total. The number of hydrogen-bond acceptors (Lipinski definition) is 6. The number of hydrogen-bond donors (Lipinski definition) is 1. The fourth-order valence-electron chi connectivity index (χ4n) is 2.76. The molecule has 1 N–H and O–H groups in total. The minimum atomic E-state index is 0.105. The average molecular weight is 310 g/mol. The second-order valence-electron chi connectivity index (χ2n) is 5.52. The number of nitrogens with one attached hydrogen (secondary N) is 1. The lowest BCUT2D eigenvalue weighted by atomic mass is 10.2. The predicted octanol–water partition coefficient (Wildman–Crippen LogP) is 0.560. The molecule has 0 saturated carbocycles. The normalized spacial score (nSPS) is 23.4. The molecule has 2 aliphatic rings. The van der Waals surface area contributed by atoms with E-state index in [0.717, 1.165) is 50.8 Å². The first-order valence-electron chi connectivity index (χ1n) is 7.56. The quantitative estimate of drug-likeness (QED) is 0.861. The minimum absolute atomic E-state index is 0.105. The van der Waals surface area contributed by atoms with Gasteiger partial charge in [0, 0.05) is 50.9 Å². The Hall–Kier alpha value is -1.18. The average Bonchev–Trinajstić information content (AvgIpc) is 3.19. The first-order chi connectivity index (χ1) is 10.3. The van der Waals surface area contributed by atoms with Gasteiger partial charge in [-0.3, -0.25) is 9.69 Å². The smallest absolute Gasteiger partial charge is 0.234 e. The summed E-state index contributed by atoms with van der Waals surface area (Å²) in [6.45, 7) is 5.66. The summed E-state index contributed by atoms with van der Waals surface area (Å²) in [6.07, 6.45) is 4.23. The van der Waals surface area contributed by atoms with Crippen molar-refractivity contribution in [3.05, 3.63) is 11.6 Å². The summed E-state index contributed by atoms with van der Waals surface area (Å²) < 4.78 is 5.51. The zero-order chi connectivity index (χ0) is 14.5. The van der Waals surface area contributed by atoms with E-state index in [1.165, 1.54) is 0 Å². The molecule has 0 radical (unpaired) electrons. The highest BCUT2D eigenvalue weighted by Crippen LogP contribution is 2.18. The summed E-state index contributed by atoms with van der Waals surface area (Å²) in [7, 11) is 0. The number of carbonyl (C=O) groups excluding carboxylic acids is 1. The molecule has 0 unspecified atom stereocenters. The van der Waals surface area contributed by atoms with Crippen LogP contribution >= 0.6 is 11.3 Å². The Labute approximate surface area is 129 Å². The van der Waals surface area contributed by atoms with Crippen molar-refractivity contribution in [1.82, 2.24) is 15.2 Å². The lowest BCUT2D eigenvalue weighted by molar-refractivity contribution is -0.122. The van der Waals surface area contributed by atoms with Crippen molar-refractivity contribution in [2.75, 3.05) is 50.8 Å². The van der Waals surface area contributed by atoms with Gasteiger partial charge in [-0.05, 0) is 12.8 Å². The topological polar surface area (TPSA) is 57.7 Å². The molecule has 3 rings (SSSR count). The number of carbonyl (C=O) groups is 1. The van der Waals surface area contributed by atoms with Crippen molar-refractivity contribution in [1.29, 1.82) is 0 Å². The van der Waals surface area contributed by atoms with Crippen LogP contribution in [0.15, 0.2) is 11.6 Å². The second-order valence-corrected chi connectivity index (χ2v) is 6.39. The number of ether oxygens (including phenoxy) is 1. The van der Waals surface area contributed by atoms with Crippen molar-refractivity contribution >= 4 is 22.4 Å². The Morgan fingerprint density at radius 1 is 1.43 bits per heavy atom. The van der Waals surface area contributed by atoms with Gasteiger partial charge in [0.05, 0.1) is 12.6 Å². The molecule has 1 amide bonds. The molecule has 0 aromatic carbocycles. The zero-order valence-corrected chi connectivity index (χ0v) is 13.0. The molecule has 1 aromatic heterocycles. The maximum absolute atomic E-state index is 11.9. The van der Waals surface area contributed by atoms with E-state index >= 15 is 0 Å². The maximum atomic E-state index is 11.9. The highest BCUT2D eigenvalue weighted by Gasteiger charge is 2.21. The van der Waals surface area contributed by atoms with Gasteiger partial charge in [0.25, 0.3) is 0 Å². The van der Waals surface area contributed by atoms with Gasteiger partial charge in [-0.25, -0.2) is 4.98 Å². The van der Waals surface area contributed by atoms with Crippen LogP contribution in [0.5, 0.6) is 0 Å². The van der Waals surface area contributed by atoms with Crippen LogP contribution in [0.1, 0.15) is 12.8 Å². The first-order valence-corrected chi connectivity index (χ1v) is 8.44. The highest BCUT2D eigenvalue weighted by atomic mass is 32.1. The van der Waals surface area contributed by atoms with Crippen molar-refractivity contribution in [3.8, 4) is 0 Å². The van der Waals surface area contributed by atoms with Crippen molar-refractivity contribution < 1.29 is 9.53 Å². The Kier molecular flexibility index (Phi) is 5.05. The number of amides is 1. The third-order valence-electron chi connectivity index (χ3n) is 3.98. The van der Waals surface area contributed by atoms with Gasteiger partial charge in [0.15, 0.2) is 5.13 Å². The highest BCUT2D eigenvalue weighted by molar-refractivity contribution is 7.13. The minimum Gasteiger partial charge on any atom is -0.376 e.